The number of methoxy groups -OCH3 is 1. The zero-order chi connectivity index (χ0) is 33.8. The summed E-state index contributed by atoms with van der Waals surface area (Å²) < 4.78 is 63.3. The van der Waals surface area contributed by atoms with Crippen LogP contribution < -0.4 is 26.4 Å². The van der Waals surface area contributed by atoms with E-state index in [0.29, 0.717) is 5.56 Å². The number of halogens is 6. The van der Waals surface area contributed by atoms with Gasteiger partial charge in [0.1, 0.15) is 17.0 Å². The molecule has 0 aliphatic carbocycles. The Hall–Kier alpha value is -3.87. The number of amides is 3. The second-order valence-corrected chi connectivity index (χ2v) is 12.9. The largest absolute Gasteiger partial charge is 0.495 e. The van der Waals surface area contributed by atoms with Gasteiger partial charge in [-0.1, -0.05) is 55.2 Å². The number of ether oxygens (including phenoxy) is 1. The highest BCUT2D eigenvalue weighted by Gasteiger charge is 2.66. The molecule has 3 aromatic rings. The molecule has 5 N–H and O–H groups in total. The van der Waals surface area contributed by atoms with Crippen LogP contribution in [0.15, 0.2) is 54.6 Å². The maximum Gasteiger partial charge on any atom is 0.393 e. The Bertz CT molecular complexity index is 1730. The Morgan fingerprint density at radius 2 is 1.80 bits per heavy atom. The van der Waals surface area contributed by atoms with Crippen LogP contribution in [-0.2, 0) is 15.0 Å². The van der Waals surface area contributed by atoms with Crippen LogP contribution >= 0.6 is 23.2 Å². The minimum atomic E-state index is -4.56. The predicted octanol–water partition coefficient (Wildman–Crippen LogP) is 6.56. The molecule has 0 radical (unpaired) electrons. The van der Waals surface area contributed by atoms with E-state index in [1.165, 1.54) is 55.6 Å². The number of alkyl halides is 3. The molecule has 2 aliphatic rings. The summed E-state index contributed by atoms with van der Waals surface area (Å²) in [6.45, 7) is 2.11. The van der Waals surface area contributed by atoms with Crippen molar-refractivity contribution in [3.8, 4) is 5.75 Å². The molecular weight excluding hydrogens is 651 g/mol. The molecule has 46 heavy (non-hydrogen) atoms. The van der Waals surface area contributed by atoms with Gasteiger partial charge < -0.3 is 26.4 Å². The molecular formula is C32H30Cl2F4N4O4. The Balaban J connectivity index is 1.69. The van der Waals surface area contributed by atoms with Crippen molar-refractivity contribution in [2.24, 2.45) is 11.1 Å². The van der Waals surface area contributed by atoms with E-state index in [9.17, 15) is 27.6 Å². The second kappa shape index (κ2) is 12.1. The van der Waals surface area contributed by atoms with E-state index < -0.39 is 65.0 Å². The topological polar surface area (TPSA) is 123 Å². The quantitative estimate of drug-likeness (QED) is 0.201. The Morgan fingerprint density at radius 3 is 2.46 bits per heavy atom. The minimum absolute atomic E-state index is 0.0879. The van der Waals surface area contributed by atoms with E-state index in [-0.39, 0.29) is 44.7 Å². The molecule has 8 nitrogen and oxygen atoms in total. The summed E-state index contributed by atoms with van der Waals surface area (Å²) in [5.41, 5.74) is 2.22. The molecule has 2 aliphatic heterocycles. The number of benzene rings is 3. The standard InChI is InChI=1S/C32H30Cl2F4N4O4/c1-30(2,32(36,37)38)12-11-23-31(18-9-8-16(33)14-21(18)41-29(31)45)24(17-5-4-6-19(34)25(17)35)26(42-23)28(44)40-20-10-7-15(27(39)43)13-22(20)46-3/h4-10,13-14,23-24,26,42H,11-12H2,1-3H3,(H2,39,43)(H,40,44)(H,41,45)/t23-,24-,26+,31+/m0/s1. The molecule has 1 saturated heterocycles. The highest BCUT2D eigenvalue weighted by molar-refractivity contribution is 6.31. The van der Waals surface area contributed by atoms with Gasteiger partial charge in [-0.25, -0.2) is 4.39 Å². The van der Waals surface area contributed by atoms with Gasteiger partial charge in [0.05, 0.1) is 29.3 Å². The van der Waals surface area contributed by atoms with Crippen LogP contribution in [0.5, 0.6) is 5.75 Å². The lowest BCUT2D eigenvalue weighted by molar-refractivity contribution is -0.214. The summed E-state index contributed by atoms with van der Waals surface area (Å²) in [5.74, 6) is -4.23. The molecule has 1 spiro atoms. The first kappa shape index (κ1) is 33.5. The van der Waals surface area contributed by atoms with Crippen molar-refractivity contribution in [1.29, 1.82) is 0 Å². The average Bonchev–Trinajstić information content (AvgIpc) is 3.47. The fourth-order valence-electron chi connectivity index (χ4n) is 6.44. The first-order valence-corrected chi connectivity index (χ1v) is 15.0. The van der Waals surface area contributed by atoms with Crippen molar-refractivity contribution in [3.63, 3.8) is 0 Å². The third kappa shape index (κ3) is 5.56. The summed E-state index contributed by atoms with van der Waals surface area (Å²) in [6, 6.07) is 10.3. The van der Waals surface area contributed by atoms with Gasteiger partial charge in [-0.2, -0.15) is 13.2 Å². The lowest BCUT2D eigenvalue weighted by Crippen LogP contribution is -2.49. The molecule has 5 rings (SSSR count). The number of nitrogens with one attached hydrogen (secondary N) is 3. The van der Waals surface area contributed by atoms with Crippen LogP contribution in [0.3, 0.4) is 0 Å². The lowest BCUT2D eigenvalue weighted by atomic mass is 9.63. The van der Waals surface area contributed by atoms with Gasteiger partial charge in [0.15, 0.2) is 0 Å². The van der Waals surface area contributed by atoms with Crippen molar-refractivity contribution >= 4 is 52.3 Å². The maximum atomic E-state index is 16.0. The van der Waals surface area contributed by atoms with Crippen LogP contribution in [-0.4, -0.2) is 43.1 Å². The summed E-state index contributed by atoms with van der Waals surface area (Å²) in [6.07, 6.45) is -5.21. The molecule has 0 saturated carbocycles. The summed E-state index contributed by atoms with van der Waals surface area (Å²) in [4.78, 5) is 40.1. The van der Waals surface area contributed by atoms with Crippen LogP contribution in [0.2, 0.25) is 10.0 Å². The highest BCUT2D eigenvalue weighted by Crippen LogP contribution is 2.57. The van der Waals surface area contributed by atoms with Gasteiger partial charge in [-0.05, 0) is 60.4 Å². The Kier molecular flexibility index (Phi) is 8.78. The number of primary amides is 1. The third-order valence-corrected chi connectivity index (χ3v) is 9.50. The maximum absolute atomic E-state index is 16.0. The first-order chi connectivity index (χ1) is 21.5. The van der Waals surface area contributed by atoms with Crippen molar-refractivity contribution in [3.05, 3.63) is 87.2 Å². The number of nitrogens with two attached hydrogens (primary N) is 1. The van der Waals surface area contributed by atoms with E-state index in [0.717, 1.165) is 13.8 Å². The number of carbonyl (C=O) groups is 3. The molecule has 1 fully saturated rings. The fourth-order valence-corrected chi connectivity index (χ4v) is 6.79. The highest BCUT2D eigenvalue weighted by atomic mass is 35.5. The average molecular weight is 682 g/mol. The van der Waals surface area contributed by atoms with Gasteiger partial charge in [-0.15, -0.1) is 0 Å². The lowest BCUT2D eigenvalue weighted by Gasteiger charge is -2.37. The van der Waals surface area contributed by atoms with Crippen molar-refractivity contribution in [2.75, 3.05) is 17.7 Å². The van der Waals surface area contributed by atoms with E-state index in [2.05, 4.69) is 16.0 Å². The number of rotatable bonds is 8. The van der Waals surface area contributed by atoms with Gasteiger partial charge in [0.2, 0.25) is 17.7 Å². The van der Waals surface area contributed by atoms with Gasteiger partial charge in [-0.3, -0.25) is 14.4 Å². The normalized spacial score (nSPS) is 22.5. The third-order valence-electron chi connectivity index (χ3n) is 8.97. The molecule has 4 atom stereocenters. The van der Waals surface area contributed by atoms with Crippen molar-refractivity contribution in [1.82, 2.24) is 5.32 Å². The first-order valence-electron chi connectivity index (χ1n) is 14.2. The number of hydrogen-bond acceptors (Lipinski definition) is 5. The molecule has 0 unspecified atom stereocenters. The zero-order valence-electron chi connectivity index (χ0n) is 24.8. The summed E-state index contributed by atoms with van der Waals surface area (Å²) >= 11 is 12.4. The van der Waals surface area contributed by atoms with E-state index in [4.69, 9.17) is 33.7 Å². The molecule has 0 aromatic heterocycles. The SMILES string of the molecule is COc1cc(C(N)=O)ccc1NC(=O)[C@@H]1N[C@@H](CCC(C)(C)C(F)(F)F)[C@@]2(C(=O)Nc3cc(Cl)ccc32)[C@H]1c1cccc(Cl)c1F. The second-order valence-electron chi connectivity index (χ2n) is 12.0. The molecule has 244 valence electrons. The Morgan fingerprint density at radius 1 is 1.09 bits per heavy atom. The van der Waals surface area contributed by atoms with E-state index >= 15 is 4.39 Å². The number of carbonyl (C=O) groups excluding carboxylic acids is 3. The number of anilines is 2. The van der Waals surface area contributed by atoms with Gasteiger partial charge in [0, 0.05) is 28.2 Å². The monoisotopic (exact) mass is 680 g/mol. The van der Waals surface area contributed by atoms with Crippen LogP contribution in [0.4, 0.5) is 28.9 Å². The molecule has 14 heteroatoms. The number of fused-ring (bicyclic) bond motifs is 2. The van der Waals surface area contributed by atoms with Crippen LogP contribution in [0.1, 0.15) is 54.1 Å². The smallest absolute Gasteiger partial charge is 0.393 e. The van der Waals surface area contributed by atoms with Crippen LogP contribution in [0, 0.1) is 11.2 Å². The van der Waals surface area contributed by atoms with Gasteiger partial charge >= 0.3 is 6.18 Å². The van der Waals surface area contributed by atoms with Crippen LogP contribution in [0.25, 0.3) is 0 Å². The molecule has 0 bridgehead atoms. The minimum Gasteiger partial charge on any atom is -0.495 e. The Labute approximate surface area is 271 Å². The van der Waals surface area contributed by atoms with Crippen molar-refractivity contribution in [2.45, 2.75) is 56.3 Å². The van der Waals surface area contributed by atoms with E-state index in [1.807, 2.05) is 0 Å². The van der Waals surface area contributed by atoms with Crippen molar-refractivity contribution < 1.29 is 36.7 Å². The van der Waals surface area contributed by atoms with E-state index in [1.54, 1.807) is 6.07 Å². The molecule has 2 heterocycles. The number of hydrogen-bond donors (Lipinski definition) is 4. The zero-order valence-corrected chi connectivity index (χ0v) is 26.3. The fraction of sp³-hybridized carbons (Fsp3) is 0.344. The van der Waals surface area contributed by atoms with Gasteiger partial charge in [0.25, 0.3) is 0 Å². The predicted molar refractivity (Wildman–Crippen MR) is 166 cm³/mol. The summed E-state index contributed by atoms with van der Waals surface area (Å²) in [5, 5.41) is 8.61. The molecule has 3 amide bonds. The summed E-state index contributed by atoms with van der Waals surface area (Å²) in [7, 11) is 1.31. The molecule has 3 aromatic carbocycles.